The molecular weight excluding hydrogens is 210 g/mol. The van der Waals surface area contributed by atoms with Crippen molar-refractivity contribution in [3.63, 3.8) is 0 Å². The highest BCUT2D eigenvalue weighted by atomic mass is 32.2. The van der Waals surface area contributed by atoms with Crippen LogP contribution in [0.3, 0.4) is 0 Å². The van der Waals surface area contributed by atoms with Gasteiger partial charge in [-0.05, 0) is 26.0 Å². The summed E-state index contributed by atoms with van der Waals surface area (Å²) in [7, 11) is 0. The van der Waals surface area contributed by atoms with Crippen LogP contribution < -0.4 is 0 Å². The molecule has 0 aliphatic carbocycles. The largest absolute Gasteiger partial charge is 0.468 e. The summed E-state index contributed by atoms with van der Waals surface area (Å²) in [4.78, 5) is 13.5. The van der Waals surface area contributed by atoms with Crippen molar-refractivity contribution in [1.82, 2.24) is 4.90 Å². The molecule has 84 valence electrons. The van der Waals surface area contributed by atoms with Gasteiger partial charge in [0, 0.05) is 13.1 Å². The van der Waals surface area contributed by atoms with Crippen LogP contribution in [-0.2, 0) is 10.5 Å². The van der Waals surface area contributed by atoms with Crippen LogP contribution in [-0.4, -0.2) is 29.6 Å². The van der Waals surface area contributed by atoms with Crippen molar-refractivity contribution in [3.8, 4) is 0 Å². The van der Waals surface area contributed by atoms with Gasteiger partial charge < -0.3 is 9.32 Å². The topological polar surface area (TPSA) is 33.5 Å². The molecule has 1 heterocycles. The molecule has 1 aromatic heterocycles. The van der Waals surface area contributed by atoms with Gasteiger partial charge in [0.1, 0.15) is 5.76 Å². The highest BCUT2D eigenvalue weighted by molar-refractivity contribution is 7.99. The summed E-state index contributed by atoms with van der Waals surface area (Å²) in [5.74, 6) is 2.42. The van der Waals surface area contributed by atoms with E-state index in [-0.39, 0.29) is 5.91 Å². The molecule has 0 saturated carbocycles. The van der Waals surface area contributed by atoms with Crippen LogP contribution >= 0.6 is 11.8 Å². The van der Waals surface area contributed by atoms with Gasteiger partial charge in [-0.2, -0.15) is 0 Å². The van der Waals surface area contributed by atoms with Crippen molar-refractivity contribution in [3.05, 3.63) is 24.2 Å². The molecule has 0 atom stereocenters. The quantitative estimate of drug-likeness (QED) is 0.748. The van der Waals surface area contributed by atoms with E-state index in [4.69, 9.17) is 4.42 Å². The first-order valence-corrected chi connectivity index (χ1v) is 6.31. The average Bonchev–Trinajstić information content (AvgIpc) is 2.72. The minimum absolute atomic E-state index is 0.205. The molecule has 1 aromatic rings. The molecule has 0 aliphatic heterocycles. The first-order chi connectivity index (χ1) is 7.27. The van der Waals surface area contributed by atoms with Crippen molar-refractivity contribution in [2.24, 2.45) is 0 Å². The highest BCUT2D eigenvalue weighted by Gasteiger charge is 2.09. The summed E-state index contributed by atoms with van der Waals surface area (Å²) in [6, 6.07) is 3.79. The minimum atomic E-state index is 0.205. The van der Waals surface area contributed by atoms with Gasteiger partial charge in [0.15, 0.2) is 0 Å². The Morgan fingerprint density at radius 1 is 1.47 bits per heavy atom. The van der Waals surface area contributed by atoms with Crippen LogP contribution in [0, 0.1) is 0 Å². The first kappa shape index (κ1) is 12.2. The Hall–Kier alpha value is -0.900. The van der Waals surface area contributed by atoms with Crippen LogP contribution in [0.1, 0.15) is 19.6 Å². The number of amides is 1. The fraction of sp³-hybridized carbons (Fsp3) is 0.545. The number of furan rings is 1. The predicted molar refractivity (Wildman–Crippen MR) is 62.8 cm³/mol. The lowest BCUT2D eigenvalue weighted by Gasteiger charge is -2.17. The Labute approximate surface area is 94.8 Å². The van der Waals surface area contributed by atoms with E-state index < -0.39 is 0 Å². The predicted octanol–water partition coefficient (Wildman–Crippen LogP) is 2.38. The Morgan fingerprint density at radius 3 is 2.73 bits per heavy atom. The zero-order valence-electron chi connectivity index (χ0n) is 9.23. The summed E-state index contributed by atoms with van der Waals surface area (Å²) in [5, 5.41) is 0. The first-order valence-electron chi connectivity index (χ1n) is 5.15. The smallest absolute Gasteiger partial charge is 0.232 e. The Bertz CT molecular complexity index is 281. The van der Waals surface area contributed by atoms with Crippen LogP contribution in [0.2, 0.25) is 0 Å². The summed E-state index contributed by atoms with van der Waals surface area (Å²) in [6.07, 6.45) is 1.65. The van der Waals surface area contributed by atoms with E-state index in [1.807, 2.05) is 30.9 Å². The van der Waals surface area contributed by atoms with Crippen molar-refractivity contribution in [2.45, 2.75) is 19.6 Å². The van der Waals surface area contributed by atoms with Crippen LogP contribution in [0.25, 0.3) is 0 Å². The molecule has 0 radical (unpaired) electrons. The van der Waals surface area contributed by atoms with E-state index in [1.54, 1.807) is 18.0 Å². The van der Waals surface area contributed by atoms with Gasteiger partial charge in [-0.25, -0.2) is 0 Å². The molecule has 1 amide bonds. The number of rotatable bonds is 6. The van der Waals surface area contributed by atoms with Crippen LogP contribution in [0.4, 0.5) is 0 Å². The maximum atomic E-state index is 11.6. The summed E-state index contributed by atoms with van der Waals surface area (Å²) in [5.41, 5.74) is 0. The number of hydrogen-bond acceptors (Lipinski definition) is 3. The molecule has 0 saturated heterocycles. The summed E-state index contributed by atoms with van der Waals surface area (Å²) in [6.45, 7) is 5.57. The Balaban J connectivity index is 2.22. The third-order valence-corrected chi connectivity index (χ3v) is 3.11. The average molecular weight is 227 g/mol. The third-order valence-electron chi connectivity index (χ3n) is 2.17. The lowest BCUT2D eigenvalue weighted by atomic mass is 10.5. The molecular formula is C11H17NO2S. The second-order valence-corrected chi connectivity index (χ2v) is 4.12. The molecule has 3 nitrogen and oxygen atoms in total. The van der Waals surface area contributed by atoms with Crippen molar-refractivity contribution < 1.29 is 9.21 Å². The van der Waals surface area contributed by atoms with Gasteiger partial charge in [0.25, 0.3) is 0 Å². The molecule has 0 fully saturated rings. The zero-order chi connectivity index (χ0) is 11.1. The van der Waals surface area contributed by atoms with Crippen molar-refractivity contribution >= 4 is 17.7 Å². The zero-order valence-corrected chi connectivity index (χ0v) is 10.0. The molecule has 0 unspecified atom stereocenters. The number of carbonyl (C=O) groups excluding carboxylic acids is 1. The number of hydrogen-bond donors (Lipinski definition) is 0. The molecule has 0 N–H and O–H groups in total. The van der Waals surface area contributed by atoms with E-state index in [0.29, 0.717) is 5.75 Å². The highest BCUT2D eigenvalue weighted by Crippen LogP contribution is 2.12. The fourth-order valence-electron chi connectivity index (χ4n) is 1.30. The number of thioether (sulfide) groups is 1. The maximum Gasteiger partial charge on any atom is 0.232 e. The van der Waals surface area contributed by atoms with Crippen LogP contribution in [0.15, 0.2) is 22.8 Å². The van der Waals surface area contributed by atoms with Gasteiger partial charge in [-0.3, -0.25) is 4.79 Å². The molecule has 15 heavy (non-hydrogen) atoms. The molecule has 0 aromatic carbocycles. The number of nitrogens with zero attached hydrogens (tertiary/aromatic N) is 1. The van der Waals surface area contributed by atoms with Gasteiger partial charge in [0.05, 0.1) is 17.8 Å². The maximum absolute atomic E-state index is 11.6. The van der Waals surface area contributed by atoms with Gasteiger partial charge in [-0.15, -0.1) is 11.8 Å². The molecule has 1 rings (SSSR count). The fourth-order valence-corrected chi connectivity index (χ4v) is 2.13. The lowest BCUT2D eigenvalue weighted by Crippen LogP contribution is -2.31. The molecule has 0 bridgehead atoms. The molecule has 4 heteroatoms. The third kappa shape index (κ3) is 4.00. The molecule has 0 aliphatic rings. The monoisotopic (exact) mass is 227 g/mol. The lowest BCUT2D eigenvalue weighted by molar-refractivity contribution is -0.127. The van der Waals surface area contributed by atoms with Gasteiger partial charge >= 0.3 is 0 Å². The van der Waals surface area contributed by atoms with Crippen LogP contribution in [0.5, 0.6) is 0 Å². The van der Waals surface area contributed by atoms with E-state index in [1.165, 1.54) is 0 Å². The minimum Gasteiger partial charge on any atom is -0.468 e. The van der Waals surface area contributed by atoms with E-state index >= 15 is 0 Å². The van der Waals surface area contributed by atoms with Crippen molar-refractivity contribution in [2.75, 3.05) is 18.8 Å². The Kier molecular flexibility index (Phi) is 5.32. The van der Waals surface area contributed by atoms with E-state index in [9.17, 15) is 4.79 Å². The summed E-state index contributed by atoms with van der Waals surface area (Å²) >= 11 is 1.59. The normalized spacial score (nSPS) is 10.3. The second kappa shape index (κ2) is 6.56. The van der Waals surface area contributed by atoms with Crippen molar-refractivity contribution in [1.29, 1.82) is 0 Å². The standard InChI is InChI=1S/C11H17NO2S/c1-3-12(4-2)11(13)9-15-8-10-6-5-7-14-10/h5-7H,3-4,8-9H2,1-2H3. The van der Waals surface area contributed by atoms with Gasteiger partial charge in [0.2, 0.25) is 5.91 Å². The van der Waals surface area contributed by atoms with E-state index in [0.717, 1.165) is 24.6 Å². The summed E-state index contributed by atoms with van der Waals surface area (Å²) < 4.78 is 5.18. The second-order valence-electron chi connectivity index (χ2n) is 3.14. The van der Waals surface area contributed by atoms with Gasteiger partial charge in [-0.1, -0.05) is 0 Å². The SMILES string of the molecule is CCN(CC)C(=O)CSCc1ccco1. The Morgan fingerprint density at radius 2 is 2.20 bits per heavy atom. The number of carbonyl (C=O) groups is 1. The molecule has 0 spiro atoms. The van der Waals surface area contributed by atoms with E-state index in [2.05, 4.69) is 0 Å².